The summed E-state index contributed by atoms with van der Waals surface area (Å²) in [6, 6.07) is 8.09. The topological polar surface area (TPSA) is 32.3 Å². The standard InChI is InChI=1S/C13H18ClNO/c1-2-12(15-9-10-16)8-7-11-5-3-4-6-13(11)14/h2-6,12,15-16H,1,7-10H2. The second-order valence-corrected chi connectivity index (χ2v) is 4.06. The highest BCUT2D eigenvalue weighted by molar-refractivity contribution is 6.31. The van der Waals surface area contributed by atoms with E-state index in [2.05, 4.69) is 11.9 Å². The Morgan fingerprint density at radius 2 is 2.19 bits per heavy atom. The van der Waals surface area contributed by atoms with Crippen molar-refractivity contribution in [3.8, 4) is 0 Å². The molecule has 88 valence electrons. The fourth-order valence-electron chi connectivity index (χ4n) is 1.57. The Hall–Kier alpha value is -0.830. The van der Waals surface area contributed by atoms with Crippen LogP contribution >= 0.6 is 11.6 Å². The second kappa shape index (κ2) is 7.44. The molecule has 0 aromatic heterocycles. The fourth-order valence-corrected chi connectivity index (χ4v) is 1.80. The molecule has 0 heterocycles. The van der Waals surface area contributed by atoms with Gasteiger partial charge in [0.1, 0.15) is 0 Å². The van der Waals surface area contributed by atoms with Crippen LogP contribution in [0.2, 0.25) is 5.02 Å². The van der Waals surface area contributed by atoms with E-state index in [4.69, 9.17) is 16.7 Å². The van der Waals surface area contributed by atoms with Crippen molar-refractivity contribution in [3.63, 3.8) is 0 Å². The summed E-state index contributed by atoms with van der Waals surface area (Å²) in [6.07, 6.45) is 3.72. The number of hydrogen-bond donors (Lipinski definition) is 2. The first kappa shape index (κ1) is 13.2. The van der Waals surface area contributed by atoms with Crippen LogP contribution < -0.4 is 5.32 Å². The zero-order valence-corrected chi connectivity index (χ0v) is 10.1. The molecular weight excluding hydrogens is 222 g/mol. The number of benzene rings is 1. The molecule has 16 heavy (non-hydrogen) atoms. The van der Waals surface area contributed by atoms with Crippen molar-refractivity contribution < 1.29 is 5.11 Å². The van der Waals surface area contributed by atoms with E-state index < -0.39 is 0 Å². The van der Waals surface area contributed by atoms with Crippen LogP contribution in [0.1, 0.15) is 12.0 Å². The quantitative estimate of drug-likeness (QED) is 0.717. The molecular formula is C13H18ClNO. The average molecular weight is 240 g/mol. The SMILES string of the molecule is C=CC(CCc1ccccc1Cl)NCCO. The molecule has 1 rings (SSSR count). The third kappa shape index (κ3) is 4.35. The maximum atomic E-state index is 8.72. The molecule has 2 nitrogen and oxygen atoms in total. The lowest BCUT2D eigenvalue weighted by Gasteiger charge is -2.14. The maximum absolute atomic E-state index is 8.72. The van der Waals surface area contributed by atoms with E-state index in [1.54, 1.807) is 0 Å². The number of rotatable bonds is 7. The third-order valence-corrected chi connectivity index (χ3v) is 2.85. The highest BCUT2D eigenvalue weighted by atomic mass is 35.5. The molecule has 0 saturated heterocycles. The number of aryl methyl sites for hydroxylation is 1. The van der Waals surface area contributed by atoms with Gasteiger partial charge in [-0.2, -0.15) is 0 Å². The molecule has 0 bridgehead atoms. The van der Waals surface area contributed by atoms with Crippen molar-refractivity contribution in [3.05, 3.63) is 47.5 Å². The van der Waals surface area contributed by atoms with Crippen molar-refractivity contribution in [2.24, 2.45) is 0 Å². The summed E-state index contributed by atoms with van der Waals surface area (Å²) in [5.74, 6) is 0. The van der Waals surface area contributed by atoms with Crippen molar-refractivity contribution >= 4 is 11.6 Å². The van der Waals surface area contributed by atoms with Crippen LogP contribution in [0.25, 0.3) is 0 Å². The van der Waals surface area contributed by atoms with Gasteiger partial charge in [0.2, 0.25) is 0 Å². The Morgan fingerprint density at radius 3 is 2.81 bits per heavy atom. The first-order valence-corrected chi connectivity index (χ1v) is 5.86. The van der Waals surface area contributed by atoms with Gasteiger partial charge in [0.25, 0.3) is 0 Å². The number of aliphatic hydroxyl groups is 1. The molecule has 0 spiro atoms. The summed E-state index contributed by atoms with van der Waals surface area (Å²) in [7, 11) is 0. The van der Waals surface area contributed by atoms with Crippen LogP contribution in [-0.4, -0.2) is 24.3 Å². The molecule has 0 fully saturated rings. The first-order valence-electron chi connectivity index (χ1n) is 5.48. The Labute approximate surface area is 102 Å². The number of halogens is 1. The number of hydrogen-bond acceptors (Lipinski definition) is 2. The van der Waals surface area contributed by atoms with Gasteiger partial charge in [-0.15, -0.1) is 6.58 Å². The molecule has 0 aliphatic heterocycles. The van der Waals surface area contributed by atoms with Crippen molar-refractivity contribution in [2.75, 3.05) is 13.2 Å². The largest absolute Gasteiger partial charge is 0.395 e. The van der Waals surface area contributed by atoms with Crippen LogP contribution in [0.5, 0.6) is 0 Å². The molecule has 1 aromatic rings. The van der Waals surface area contributed by atoms with Gasteiger partial charge in [0.05, 0.1) is 6.61 Å². The second-order valence-electron chi connectivity index (χ2n) is 3.65. The maximum Gasteiger partial charge on any atom is 0.0556 e. The predicted octanol–water partition coefficient (Wildman–Crippen LogP) is 2.41. The third-order valence-electron chi connectivity index (χ3n) is 2.49. The minimum atomic E-state index is 0.149. The normalized spacial score (nSPS) is 12.4. The first-order chi connectivity index (χ1) is 7.77. The van der Waals surface area contributed by atoms with Crippen molar-refractivity contribution in [1.82, 2.24) is 5.32 Å². The molecule has 0 amide bonds. The average Bonchev–Trinajstić information content (AvgIpc) is 2.31. The summed E-state index contributed by atoms with van der Waals surface area (Å²) in [4.78, 5) is 0. The highest BCUT2D eigenvalue weighted by Gasteiger charge is 2.05. The molecule has 3 heteroatoms. The monoisotopic (exact) mass is 239 g/mol. The Bertz CT molecular complexity index is 327. The van der Waals surface area contributed by atoms with Gasteiger partial charge >= 0.3 is 0 Å². The molecule has 0 radical (unpaired) electrons. The molecule has 2 N–H and O–H groups in total. The van der Waals surface area contributed by atoms with Crippen molar-refractivity contribution in [1.29, 1.82) is 0 Å². The lowest BCUT2D eigenvalue weighted by Crippen LogP contribution is -2.30. The Balaban J connectivity index is 2.43. The lowest BCUT2D eigenvalue weighted by atomic mass is 10.1. The molecule has 1 aromatic carbocycles. The minimum absolute atomic E-state index is 0.149. The minimum Gasteiger partial charge on any atom is -0.395 e. The van der Waals surface area contributed by atoms with Crippen LogP contribution in [0, 0.1) is 0 Å². The van der Waals surface area contributed by atoms with Crippen LogP contribution in [0.3, 0.4) is 0 Å². The predicted molar refractivity (Wildman–Crippen MR) is 68.8 cm³/mol. The van der Waals surface area contributed by atoms with E-state index in [9.17, 15) is 0 Å². The Kier molecular flexibility index (Phi) is 6.16. The van der Waals surface area contributed by atoms with E-state index in [0.717, 1.165) is 23.4 Å². The summed E-state index contributed by atoms with van der Waals surface area (Å²) in [6.45, 7) is 4.52. The lowest BCUT2D eigenvalue weighted by molar-refractivity contribution is 0.287. The van der Waals surface area contributed by atoms with E-state index in [0.29, 0.717) is 6.54 Å². The van der Waals surface area contributed by atoms with Crippen molar-refractivity contribution in [2.45, 2.75) is 18.9 Å². The highest BCUT2D eigenvalue weighted by Crippen LogP contribution is 2.17. The summed E-state index contributed by atoms with van der Waals surface area (Å²) >= 11 is 6.07. The van der Waals surface area contributed by atoms with Crippen LogP contribution in [-0.2, 0) is 6.42 Å². The van der Waals surface area contributed by atoms with Gasteiger partial charge in [-0.3, -0.25) is 0 Å². The summed E-state index contributed by atoms with van der Waals surface area (Å²) < 4.78 is 0. The number of aliphatic hydroxyl groups excluding tert-OH is 1. The van der Waals surface area contributed by atoms with E-state index in [1.165, 1.54) is 0 Å². The van der Waals surface area contributed by atoms with Crippen LogP contribution in [0.15, 0.2) is 36.9 Å². The molecule has 0 saturated carbocycles. The summed E-state index contributed by atoms with van der Waals surface area (Å²) in [5.41, 5.74) is 1.15. The molecule has 0 aliphatic rings. The molecule has 0 aliphatic carbocycles. The van der Waals surface area contributed by atoms with Gasteiger partial charge in [-0.05, 0) is 24.5 Å². The van der Waals surface area contributed by atoms with Crippen LogP contribution in [0.4, 0.5) is 0 Å². The van der Waals surface area contributed by atoms with Gasteiger partial charge in [0, 0.05) is 17.6 Å². The van der Waals surface area contributed by atoms with E-state index in [-0.39, 0.29) is 12.6 Å². The van der Waals surface area contributed by atoms with E-state index in [1.807, 2.05) is 30.3 Å². The Morgan fingerprint density at radius 1 is 1.44 bits per heavy atom. The van der Waals surface area contributed by atoms with Gasteiger partial charge in [0.15, 0.2) is 0 Å². The zero-order valence-electron chi connectivity index (χ0n) is 9.32. The van der Waals surface area contributed by atoms with Gasteiger partial charge < -0.3 is 10.4 Å². The summed E-state index contributed by atoms with van der Waals surface area (Å²) in [5, 5.41) is 12.7. The van der Waals surface area contributed by atoms with Gasteiger partial charge in [-0.25, -0.2) is 0 Å². The fraction of sp³-hybridized carbons (Fsp3) is 0.385. The molecule has 1 atom stereocenters. The smallest absolute Gasteiger partial charge is 0.0556 e. The van der Waals surface area contributed by atoms with Gasteiger partial charge in [-0.1, -0.05) is 35.9 Å². The number of nitrogens with one attached hydrogen (secondary N) is 1. The zero-order chi connectivity index (χ0) is 11.8. The van der Waals surface area contributed by atoms with E-state index >= 15 is 0 Å². The molecule has 1 unspecified atom stereocenters.